The van der Waals surface area contributed by atoms with E-state index in [2.05, 4.69) is 82.1 Å². The SMILES string of the molecule is Cc1ccccc1[C@@H]1C[C@@H](N(C)C)c2cc(F)c(COc3cc4c(cn3)[C@H]3[C@@H](C4)[C@@H]3C(=O)O)cc21.Cc1ccccc1[C@H]1C[C@H](N(C)C)c2cc(F)c(COc3cc4c(cn3)[C@H]3[C@@H](C4)[C@@H]3C(=O)O)cc21. The van der Waals surface area contributed by atoms with Crippen LogP contribution in [-0.2, 0) is 35.6 Å². The minimum Gasteiger partial charge on any atom is -0.481 e. The van der Waals surface area contributed by atoms with Crippen molar-refractivity contribution >= 4 is 11.9 Å². The Hall–Kier alpha value is -6.50. The Morgan fingerprint density at radius 3 is 1.34 bits per heavy atom. The second-order valence-corrected chi connectivity index (χ2v) is 20.9. The molecular formula is C58H58F2N4O6. The molecule has 10 nitrogen and oxygen atoms in total. The summed E-state index contributed by atoms with van der Waals surface area (Å²) >= 11 is 0. The number of hydrogen-bond donors (Lipinski definition) is 2. The molecule has 2 fully saturated rings. The van der Waals surface area contributed by atoms with E-state index in [0.717, 1.165) is 59.1 Å². The van der Waals surface area contributed by atoms with Gasteiger partial charge in [-0.15, -0.1) is 0 Å². The molecule has 0 spiro atoms. The number of fused-ring (bicyclic) bond motifs is 8. The normalized spacial score (nSPS) is 25.8. The maximum absolute atomic E-state index is 15.2. The van der Waals surface area contributed by atoms with Crippen LogP contribution in [0, 0.1) is 49.2 Å². The van der Waals surface area contributed by atoms with Crippen LogP contribution in [0.25, 0.3) is 0 Å². The molecule has 2 aromatic heterocycles. The third-order valence-electron chi connectivity index (χ3n) is 16.6. The first-order chi connectivity index (χ1) is 33.7. The zero-order chi connectivity index (χ0) is 48.9. The summed E-state index contributed by atoms with van der Waals surface area (Å²) in [7, 11) is 8.19. The number of rotatable bonds is 12. The first-order valence-corrected chi connectivity index (χ1v) is 24.4. The number of carboxylic acids is 2. The molecule has 0 radical (unpaired) electrons. The minimum atomic E-state index is -0.724. The van der Waals surface area contributed by atoms with Gasteiger partial charge in [-0.2, -0.15) is 0 Å². The summed E-state index contributed by atoms with van der Waals surface area (Å²) in [6, 6.07) is 28.3. The molecule has 70 heavy (non-hydrogen) atoms. The van der Waals surface area contributed by atoms with E-state index in [0.29, 0.717) is 22.9 Å². The van der Waals surface area contributed by atoms with Gasteiger partial charge in [0.15, 0.2) is 0 Å². The highest BCUT2D eigenvalue weighted by Gasteiger charge is 2.61. The smallest absolute Gasteiger partial charge is 0.307 e. The maximum atomic E-state index is 15.2. The molecule has 2 heterocycles. The number of carboxylic acid groups (broad SMARTS) is 2. The molecule has 0 amide bonds. The lowest BCUT2D eigenvalue weighted by molar-refractivity contribution is -0.140. The summed E-state index contributed by atoms with van der Waals surface area (Å²) in [5, 5.41) is 18.6. The van der Waals surface area contributed by atoms with Crippen LogP contribution in [0.3, 0.4) is 0 Å². The molecule has 360 valence electrons. The molecule has 6 aliphatic rings. The quantitative estimate of drug-likeness (QED) is 0.123. The van der Waals surface area contributed by atoms with Crippen molar-refractivity contribution in [2.45, 2.75) is 88.5 Å². The van der Waals surface area contributed by atoms with E-state index in [1.165, 1.54) is 33.4 Å². The standard InChI is InChI=1S/2C29H29FN2O3/c2*1-15-6-4-5-7-18(15)20-12-25(32(2)3)21-11-24(30)17(9-19(20)21)14-35-26-10-16-8-22-27(23(16)13-31-26)28(22)29(33)34/h2*4-7,9-11,13,20,22,25,27-28H,8,12,14H2,1-3H3,(H,33,34)/t20-,22+,25+,27+,28-;20-,22-,25+,27-,28+/m01/s1. The van der Waals surface area contributed by atoms with Crippen molar-refractivity contribution in [3.63, 3.8) is 0 Å². The Labute approximate surface area is 407 Å². The zero-order valence-electron chi connectivity index (χ0n) is 40.3. The van der Waals surface area contributed by atoms with Gasteiger partial charge in [0.2, 0.25) is 11.8 Å². The van der Waals surface area contributed by atoms with Crippen molar-refractivity contribution in [1.82, 2.24) is 19.8 Å². The van der Waals surface area contributed by atoms with Crippen LogP contribution in [0.4, 0.5) is 8.78 Å². The molecule has 12 rings (SSSR count). The van der Waals surface area contributed by atoms with Gasteiger partial charge < -0.3 is 29.5 Å². The number of pyridine rings is 2. The summed E-state index contributed by atoms with van der Waals surface area (Å²) in [5.41, 5.74) is 14.8. The number of hydrogen-bond acceptors (Lipinski definition) is 8. The van der Waals surface area contributed by atoms with E-state index in [9.17, 15) is 19.8 Å². The van der Waals surface area contributed by atoms with E-state index in [4.69, 9.17) is 9.47 Å². The van der Waals surface area contributed by atoms with Gasteiger partial charge in [0.25, 0.3) is 0 Å². The third-order valence-corrected chi connectivity index (χ3v) is 16.6. The number of benzene rings is 4. The number of nitrogens with zero attached hydrogens (tertiary/aromatic N) is 4. The fourth-order valence-corrected chi connectivity index (χ4v) is 12.9. The van der Waals surface area contributed by atoms with Crippen molar-refractivity contribution in [2.75, 3.05) is 28.2 Å². The number of aryl methyl sites for hydroxylation is 2. The second-order valence-electron chi connectivity index (χ2n) is 20.9. The van der Waals surface area contributed by atoms with E-state index in [-0.39, 0.29) is 84.3 Å². The Balaban J connectivity index is 0.000000152. The summed E-state index contributed by atoms with van der Waals surface area (Å²) in [5.74, 6) is -0.645. The lowest BCUT2D eigenvalue weighted by atomic mass is 9.89. The van der Waals surface area contributed by atoms with Crippen LogP contribution in [0.15, 0.2) is 97.3 Å². The Bertz CT molecular complexity index is 2880. The van der Waals surface area contributed by atoms with Crippen LogP contribution in [0.5, 0.6) is 11.8 Å². The van der Waals surface area contributed by atoms with Crippen LogP contribution in [0.1, 0.15) is 126 Å². The molecule has 2 saturated carbocycles. The van der Waals surface area contributed by atoms with Crippen LogP contribution >= 0.6 is 0 Å². The molecule has 0 unspecified atom stereocenters. The first kappa shape index (κ1) is 45.9. The summed E-state index contributed by atoms with van der Waals surface area (Å²) in [4.78, 5) is 35.8. The number of carbonyl (C=O) groups is 2. The molecule has 6 aromatic rings. The molecule has 12 heteroatoms. The van der Waals surface area contributed by atoms with Crippen LogP contribution < -0.4 is 9.47 Å². The lowest BCUT2D eigenvalue weighted by Gasteiger charge is -2.21. The predicted octanol–water partition coefficient (Wildman–Crippen LogP) is 10.4. The van der Waals surface area contributed by atoms with Gasteiger partial charge in [-0.3, -0.25) is 9.59 Å². The van der Waals surface area contributed by atoms with E-state index < -0.39 is 11.9 Å². The van der Waals surface area contributed by atoms with Crippen molar-refractivity contribution in [3.05, 3.63) is 187 Å². The van der Waals surface area contributed by atoms with Crippen molar-refractivity contribution < 1.29 is 38.1 Å². The van der Waals surface area contributed by atoms with Gasteiger partial charge in [0, 0.05) is 71.4 Å². The Kier molecular flexibility index (Phi) is 11.6. The van der Waals surface area contributed by atoms with Gasteiger partial charge in [-0.25, -0.2) is 18.7 Å². The first-order valence-electron chi connectivity index (χ1n) is 24.4. The Morgan fingerprint density at radius 1 is 0.571 bits per heavy atom. The van der Waals surface area contributed by atoms with Gasteiger partial charge >= 0.3 is 11.9 Å². The highest BCUT2D eigenvalue weighted by atomic mass is 19.1. The predicted molar refractivity (Wildman–Crippen MR) is 260 cm³/mol. The average molecular weight is 945 g/mol. The molecule has 6 aliphatic carbocycles. The monoisotopic (exact) mass is 944 g/mol. The zero-order valence-corrected chi connectivity index (χ0v) is 40.3. The van der Waals surface area contributed by atoms with Gasteiger partial charge in [-0.05, 0) is 171 Å². The number of halogens is 2. The topological polar surface area (TPSA) is 125 Å². The minimum absolute atomic E-state index is 0.0845. The molecule has 10 atom stereocenters. The average Bonchev–Trinajstić information content (AvgIpc) is 3.95. The highest BCUT2D eigenvalue weighted by molar-refractivity contribution is 5.78. The fourth-order valence-electron chi connectivity index (χ4n) is 12.9. The summed E-state index contributed by atoms with van der Waals surface area (Å²) < 4.78 is 42.3. The summed E-state index contributed by atoms with van der Waals surface area (Å²) in [6.45, 7) is 4.46. The van der Waals surface area contributed by atoms with Gasteiger partial charge in [-0.1, -0.05) is 48.5 Å². The van der Waals surface area contributed by atoms with Crippen molar-refractivity contribution in [2.24, 2.45) is 23.7 Å². The second kappa shape index (κ2) is 17.7. The van der Waals surface area contributed by atoms with E-state index >= 15 is 8.78 Å². The Morgan fingerprint density at radius 2 is 0.971 bits per heavy atom. The van der Waals surface area contributed by atoms with Crippen LogP contribution in [0.2, 0.25) is 0 Å². The molecule has 0 bridgehead atoms. The highest BCUT2D eigenvalue weighted by Crippen LogP contribution is 2.62. The van der Waals surface area contributed by atoms with Crippen LogP contribution in [-0.4, -0.2) is 70.1 Å². The van der Waals surface area contributed by atoms with Gasteiger partial charge in [0.1, 0.15) is 24.8 Å². The van der Waals surface area contributed by atoms with Crippen molar-refractivity contribution in [3.8, 4) is 11.8 Å². The molecule has 0 aliphatic heterocycles. The third kappa shape index (κ3) is 8.02. The molecule has 2 N–H and O–H groups in total. The number of ether oxygens (including phenoxy) is 2. The lowest BCUT2D eigenvalue weighted by Crippen LogP contribution is -2.18. The fraction of sp³-hybridized carbons (Fsp3) is 0.379. The molecule has 0 saturated heterocycles. The van der Waals surface area contributed by atoms with Crippen molar-refractivity contribution in [1.29, 1.82) is 0 Å². The largest absolute Gasteiger partial charge is 0.481 e. The number of aromatic nitrogens is 2. The van der Waals surface area contributed by atoms with Gasteiger partial charge in [0.05, 0.1) is 11.8 Å². The maximum Gasteiger partial charge on any atom is 0.307 e. The van der Waals surface area contributed by atoms with E-state index in [1.54, 1.807) is 24.5 Å². The van der Waals surface area contributed by atoms with E-state index in [1.807, 2.05) is 52.5 Å². The molecule has 4 aromatic carbocycles. The molecular weight excluding hydrogens is 887 g/mol. The number of aliphatic carboxylic acids is 2. The summed E-state index contributed by atoms with van der Waals surface area (Å²) in [6.07, 6.45) is 6.81.